The predicted molar refractivity (Wildman–Crippen MR) is 102 cm³/mol. The van der Waals surface area contributed by atoms with Gasteiger partial charge >= 0.3 is 5.69 Å². The molecule has 0 unspecified atom stereocenters. The Hall–Kier alpha value is -2.98. The number of hydrogen-bond donors (Lipinski definition) is 2. The predicted octanol–water partition coefficient (Wildman–Crippen LogP) is 1.38. The fourth-order valence-corrected chi connectivity index (χ4v) is 2.84. The van der Waals surface area contributed by atoms with Crippen molar-refractivity contribution in [3.63, 3.8) is 0 Å². The lowest BCUT2D eigenvalue weighted by atomic mass is 10.3. The maximum Gasteiger partial charge on any atom is 0.329 e. The number of nitrogens with two attached hydrogens (primary N) is 1. The number of nitro groups is 1. The Labute approximate surface area is 160 Å². The third kappa shape index (κ3) is 4.80. The summed E-state index contributed by atoms with van der Waals surface area (Å²) in [6.07, 6.45) is 1.11. The van der Waals surface area contributed by atoms with Crippen molar-refractivity contribution in [1.29, 1.82) is 0 Å². The Bertz CT molecular complexity index is 838. The average Bonchev–Trinajstić information content (AvgIpc) is 2.64. The lowest BCUT2D eigenvalue weighted by molar-refractivity contribution is -0.384. The SMILES string of the molecule is Nc1nc(N2CCN(CC(=O)Nc3ccc(Cl)cc3)CC2)ncc1[N+](=O)[O-]. The number of amides is 1. The van der Waals surface area contributed by atoms with E-state index in [-0.39, 0.29) is 24.0 Å². The molecule has 10 nitrogen and oxygen atoms in total. The van der Waals surface area contributed by atoms with E-state index in [1.807, 2.05) is 9.80 Å². The number of rotatable bonds is 5. The van der Waals surface area contributed by atoms with Gasteiger partial charge in [0.2, 0.25) is 17.7 Å². The van der Waals surface area contributed by atoms with Crippen LogP contribution in [0.4, 0.5) is 23.1 Å². The molecule has 27 heavy (non-hydrogen) atoms. The van der Waals surface area contributed by atoms with Crippen molar-refractivity contribution in [2.75, 3.05) is 48.7 Å². The highest BCUT2D eigenvalue weighted by atomic mass is 35.5. The summed E-state index contributed by atoms with van der Waals surface area (Å²) in [6.45, 7) is 2.71. The number of nitrogen functional groups attached to an aromatic ring is 1. The van der Waals surface area contributed by atoms with Crippen LogP contribution >= 0.6 is 11.6 Å². The summed E-state index contributed by atoms with van der Waals surface area (Å²) in [5.41, 5.74) is 6.00. The van der Waals surface area contributed by atoms with Gasteiger partial charge in [-0.3, -0.25) is 19.8 Å². The van der Waals surface area contributed by atoms with Crippen molar-refractivity contribution in [2.45, 2.75) is 0 Å². The number of nitrogens with one attached hydrogen (secondary N) is 1. The van der Waals surface area contributed by atoms with E-state index in [9.17, 15) is 14.9 Å². The molecular formula is C16H18ClN7O3. The van der Waals surface area contributed by atoms with Gasteiger partial charge in [-0.05, 0) is 24.3 Å². The number of halogens is 1. The van der Waals surface area contributed by atoms with E-state index in [2.05, 4.69) is 15.3 Å². The fourth-order valence-electron chi connectivity index (χ4n) is 2.71. The van der Waals surface area contributed by atoms with Gasteiger partial charge in [0.15, 0.2) is 0 Å². The highest BCUT2D eigenvalue weighted by molar-refractivity contribution is 6.30. The highest BCUT2D eigenvalue weighted by Gasteiger charge is 2.23. The molecule has 0 aliphatic carbocycles. The largest absolute Gasteiger partial charge is 0.378 e. The summed E-state index contributed by atoms with van der Waals surface area (Å²) in [4.78, 5) is 34.2. The summed E-state index contributed by atoms with van der Waals surface area (Å²) in [7, 11) is 0. The van der Waals surface area contributed by atoms with Gasteiger partial charge in [0.1, 0.15) is 6.20 Å². The standard InChI is InChI=1S/C16H18ClN7O3/c17-11-1-3-12(4-2-11)20-14(25)10-22-5-7-23(8-6-22)16-19-9-13(24(26)27)15(18)21-16/h1-4,9H,5-8,10H2,(H,20,25)(H2,18,19,21). The van der Waals surface area contributed by atoms with Crippen molar-refractivity contribution in [3.05, 3.63) is 45.6 Å². The Balaban J connectivity index is 1.51. The first-order chi connectivity index (χ1) is 12.9. The van der Waals surface area contributed by atoms with Crippen molar-refractivity contribution in [1.82, 2.24) is 14.9 Å². The molecule has 1 fully saturated rings. The monoisotopic (exact) mass is 391 g/mol. The summed E-state index contributed by atoms with van der Waals surface area (Å²) in [5.74, 6) is 0.0831. The summed E-state index contributed by atoms with van der Waals surface area (Å²) < 4.78 is 0. The molecule has 0 bridgehead atoms. The Morgan fingerprint density at radius 1 is 1.26 bits per heavy atom. The van der Waals surface area contributed by atoms with Crippen LogP contribution in [0, 0.1) is 10.1 Å². The molecule has 2 aromatic rings. The molecule has 0 saturated carbocycles. The van der Waals surface area contributed by atoms with Gasteiger partial charge in [-0.2, -0.15) is 4.98 Å². The second-order valence-corrected chi connectivity index (χ2v) is 6.45. The van der Waals surface area contributed by atoms with Gasteiger partial charge < -0.3 is 16.0 Å². The van der Waals surface area contributed by atoms with Crippen molar-refractivity contribution in [3.8, 4) is 0 Å². The van der Waals surface area contributed by atoms with Crippen LogP contribution in [-0.2, 0) is 4.79 Å². The quantitative estimate of drug-likeness (QED) is 0.577. The van der Waals surface area contributed by atoms with Gasteiger partial charge in [0.25, 0.3) is 0 Å². The Morgan fingerprint density at radius 3 is 2.52 bits per heavy atom. The molecule has 142 valence electrons. The second kappa shape index (κ2) is 8.14. The average molecular weight is 392 g/mol. The number of anilines is 3. The Morgan fingerprint density at radius 2 is 1.93 bits per heavy atom. The number of hydrogen-bond acceptors (Lipinski definition) is 8. The topological polar surface area (TPSA) is 131 Å². The van der Waals surface area contributed by atoms with E-state index in [4.69, 9.17) is 17.3 Å². The highest BCUT2D eigenvalue weighted by Crippen LogP contribution is 2.21. The zero-order valence-corrected chi connectivity index (χ0v) is 15.1. The third-order valence-corrected chi connectivity index (χ3v) is 4.38. The van der Waals surface area contributed by atoms with Gasteiger partial charge in [-0.1, -0.05) is 11.6 Å². The smallest absolute Gasteiger partial charge is 0.329 e. The Kier molecular flexibility index (Phi) is 5.67. The number of carbonyl (C=O) groups excluding carboxylic acids is 1. The second-order valence-electron chi connectivity index (χ2n) is 6.02. The zero-order valence-electron chi connectivity index (χ0n) is 14.3. The minimum atomic E-state index is -0.615. The molecular weight excluding hydrogens is 374 g/mol. The van der Waals surface area contributed by atoms with E-state index >= 15 is 0 Å². The molecule has 1 aliphatic rings. The van der Waals surface area contributed by atoms with Crippen LogP contribution in [0.5, 0.6) is 0 Å². The minimum Gasteiger partial charge on any atom is -0.378 e. The molecule has 0 spiro atoms. The number of carbonyl (C=O) groups is 1. The van der Waals surface area contributed by atoms with E-state index in [0.29, 0.717) is 42.8 Å². The van der Waals surface area contributed by atoms with E-state index < -0.39 is 4.92 Å². The molecule has 0 atom stereocenters. The van der Waals surface area contributed by atoms with Crippen molar-refractivity contribution >= 4 is 40.6 Å². The number of nitrogens with zero attached hydrogens (tertiary/aromatic N) is 5. The van der Waals surface area contributed by atoms with Crippen LogP contribution in [0.2, 0.25) is 5.02 Å². The van der Waals surface area contributed by atoms with E-state index in [1.54, 1.807) is 24.3 Å². The van der Waals surface area contributed by atoms with Crippen LogP contribution in [0.15, 0.2) is 30.5 Å². The van der Waals surface area contributed by atoms with Crippen LogP contribution in [0.1, 0.15) is 0 Å². The number of aromatic nitrogens is 2. The summed E-state index contributed by atoms with van der Waals surface area (Å²) >= 11 is 5.82. The van der Waals surface area contributed by atoms with Gasteiger partial charge in [-0.15, -0.1) is 0 Å². The molecule has 2 heterocycles. The third-order valence-electron chi connectivity index (χ3n) is 4.13. The van der Waals surface area contributed by atoms with Gasteiger partial charge in [0.05, 0.1) is 11.5 Å². The van der Waals surface area contributed by atoms with Gasteiger partial charge in [0, 0.05) is 36.9 Å². The van der Waals surface area contributed by atoms with Crippen molar-refractivity contribution < 1.29 is 9.72 Å². The zero-order chi connectivity index (χ0) is 19.4. The molecule has 0 radical (unpaired) electrons. The molecule has 1 aromatic heterocycles. The first-order valence-electron chi connectivity index (χ1n) is 8.22. The number of benzene rings is 1. The molecule has 1 aliphatic heterocycles. The molecule has 1 amide bonds. The minimum absolute atomic E-state index is 0.110. The van der Waals surface area contributed by atoms with Crippen molar-refractivity contribution in [2.24, 2.45) is 0 Å². The summed E-state index contributed by atoms with van der Waals surface area (Å²) in [6, 6.07) is 6.92. The van der Waals surface area contributed by atoms with Crippen LogP contribution in [-0.4, -0.2) is 58.4 Å². The molecule has 1 saturated heterocycles. The van der Waals surface area contributed by atoms with E-state index in [1.165, 1.54) is 0 Å². The van der Waals surface area contributed by atoms with Gasteiger partial charge in [-0.25, -0.2) is 4.98 Å². The van der Waals surface area contributed by atoms with Crippen LogP contribution in [0.25, 0.3) is 0 Å². The normalized spacial score (nSPS) is 14.8. The molecule has 3 rings (SSSR count). The first kappa shape index (κ1) is 18.8. The maximum absolute atomic E-state index is 12.2. The molecule has 3 N–H and O–H groups in total. The fraction of sp³-hybridized carbons (Fsp3) is 0.312. The lowest BCUT2D eigenvalue weighted by Crippen LogP contribution is -2.49. The van der Waals surface area contributed by atoms with E-state index in [0.717, 1.165) is 6.20 Å². The lowest BCUT2D eigenvalue weighted by Gasteiger charge is -2.34. The maximum atomic E-state index is 12.2. The van der Waals surface area contributed by atoms with Crippen LogP contribution < -0.4 is 16.0 Å². The first-order valence-corrected chi connectivity index (χ1v) is 8.60. The van der Waals surface area contributed by atoms with Crippen LogP contribution in [0.3, 0.4) is 0 Å². The molecule has 11 heteroatoms. The summed E-state index contributed by atoms with van der Waals surface area (Å²) in [5, 5.41) is 14.2. The molecule has 1 aromatic carbocycles. The number of piperazine rings is 1.